The molecule has 0 unspecified atom stereocenters. The van der Waals surface area contributed by atoms with Gasteiger partial charge in [-0.05, 0) is 37.3 Å². The van der Waals surface area contributed by atoms with E-state index in [2.05, 4.69) is 25.9 Å². The Morgan fingerprint density at radius 2 is 2.04 bits per heavy atom. The summed E-state index contributed by atoms with van der Waals surface area (Å²) in [5.74, 6) is 1.22. The molecule has 0 aliphatic carbocycles. The molecule has 0 atom stereocenters. The van der Waals surface area contributed by atoms with E-state index >= 15 is 0 Å². The van der Waals surface area contributed by atoms with Crippen LogP contribution in [0.4, 0.5) is 5.82 Å². The minimum absolute atomic E-state index is 0.0828. The lowest BCUT2D eigenvalue weighted by Gasteiger charge is -2.08. The number of aryl methyl sites for hydroxylation is 1. The number of anilines is 1. The first-order valence-electron chi connectivity index (χ1n) is 7.65. The molecule has 3 rings (SSSR count). The van der Waals surface area contributed by atoms with Crippen LogP contribution in [0.1, 0.15) is 15.9 Å². The quantitative estimate of drug-likeness (QED) is 0.676. The summed E-state index contributed by atoms with van der Waals surface area (Å²) in [7, 11) is 0. The van der Waals surface area contributed by atoms with Gasteiger partial charge in [0, 0.05) is 31.0 Å². The number of nitrogens with zero attached hydrogens (tertiary/aromatic N) is 4. The van der Waals surface area contributed by atoms with Crippen molar-refractivity contribution in [3.05, 3.63) is 66.0 Å². The number of amides is 1. The van der Waals surface area contributed by atoms with Crippen LogP contribution in [0.2, 0.25) is 0 Å². The van der Waals surface area contributed by atoms with E-state index in [1.807, 2.05) is 43.3 Å². The number of benzene rings is 1. The van der Waals surface area contributed by atoms with Gasteiger partial charge in [-0.3, -0.25) is 4.79 Å². The van der Waals surface area contributed by atoms with Crippen molar-refractivity contribution in [3.63, 3.8) is 0 Å². The number of aromatic nitrogens is 4. The summed E-state index contributed by atoms with van der Waals surface area (Å²) in [4.78, 5) is 12.0. The van der Waals surface area contributed by atoms with Gasteiger partial charge in [-0.1, -0.05) is 17.7 Å². The third-order valence-corrected chi connectivity index (χ3v) is 3.39. The number of hydrogen-bond acceptors (Lipinski definition) is 5. The summed E-state index contributed by atoms with van der Waals surface area (Å²) in [5.41, 5.74) is 1.73. The number of hydrogen-bond donors (Lipinski definition) is 2. The highest BCUT2D eigenvalue weighted by Crippen LogP contribution is 2.05. The molecule has 3 aromatic rings. The van der Waals surface area contributed by atoms with Crippen molar-refractivity contribution in [3.8, 4) is 5.82 Å². The summed E-state index contributed by atoms with van der Waals surface area (Å²) < 4.78 is 1.64. The fraction of sp³-hybridized carbons (Fsp3) is 0.176. The fourth-order valence-electron chi connectivity index (χ4n) is 2.20. The molecule has 0 aliphatic heterocycles. The summed E-state index contributed by atoms with van der Waals surface area (Å²) in [6, 6.07) is 13.0. The minimum atomic E-state index is -0.0828. The number of carbonyl (C=O) groups is 1. The molecule has 0 aliphatic rings. The maximum atomic E-state index is 12.0. The zero-order valence-corrected chi connectivity index (χ0v) is 13.3. The Balaban J connectivity index is 1.46. The lowest BCUT2D eigenvalue weighted by atomic mass is 10.1. The Kier molecular flexibility index (Phi) is 4.81. The van der Waals surface area contributed by atoms with Gasteiger partial charge < -0.3 is 10.6 Å². The molecule has 0 saturated carbocycles. The van der Waals surface area contributed by atoms with Crippen molar-refractivity contribution in [2.75, 3.05) is 18.4 Å². The highest BCUT2D eigenvalue weighted by Gasteiger charge is 2.04. The molecule has 1 amide bonds. The van der Waals surface area contributed by atoms with Gasteiger partial charge >= 0.3 is 0 Å². The van der Waals surface area contributed by atoms with Gasteiger partial charge in [-0.2, -0.15) is 5.10 Å². The third-order valence-electron chi connectivity index (χ3n) is 3.39. The van der Waals surface area contributed by atoms with E-state index in [-0.39, 0.29) is 5.91 Å². The zero-order chi connectivity index (χ0) is 16.8. The van der Waals surface area contributed by atoms with E-state index in [9.17, 15) is 4.79 Å². The second-order valence-corrected chi connectivity index (χ2v) is 5.28. The van der Waals surface area contributed by atoms with Crippen molar-refractivity contribution >= 4 is 11.7 Å². The smallest absolute Gasteiger partial charge is 0.251 e. The van der Waals surface area contributed by atoms with Gasteiger partial charge in [0.15, 0.2) is 5.82 Å². The van der Waals surface area contributed by atoms with Crippen molar-refractivity contribution in [2.45, 2.75) is 6.92 Å². The zero-order valence-electron chi connectivity index (χ0n) is 13.3. The Morgan fingerprint density at radius 1 is 1.12 bits per heavy atom. The Bertz CT molecular complexity index is 798. The van der Waals surface area contributed by atoms with E-state index in [1.54, 1.807) is 23.1 Å². The summed E-state index contributed by atoms with van der Waals surface area (Å²) in [5, 5.41) is 18.3. The SMILES string of the molecule is Cc1cccc(C(=O)NCCNc2ccc(-n3cccn3)nn2)c1. The Hall–Kier alpha value is -3.22. The number of rotatable bonds is 6. The van der Waals surface area contributed by atoms with Crippen LogP contribution in [0.25, 0.3) is 5.82 Å². The van der Waals surface area contributed by atoms with Gasteiger partial charge in [0.25, 0.3) is 5.91 Å². The topological polar surface area (TPSA) is 84.7 Å². The second kappa shape index (κ2) is 7.36. The molecule has 2 heterocycles. The number of carbonyl (C=O) groups excluding carboxylic acids is 1. The van der Waals surface area contributed by atoms with Crippen molar-refractivity contribution in [1.29, 1.82) is 0 Å². The summed E-state index contributed by atoms with van der Waals surface area (Å²) in [6.07, 6.45) is 3.49. The molecule has 2 aromatic heterocycles. The molecule has 122 valence electrons. The lowest BCUT2D eigenvalue weighted by molar-refractivity contribution is 0.0955. The van der Waals surface area contributed by atoms with Crippen molar-refractivity contribution in [1.82, 2.24) is 25.3 Å². The average Bonchev–Trinajstić information content (AvgIpc) is 3.14. The predicted molar refractivity (Wildman–Crippen MR) is 91.2 cm³/mol. The van der Waals surface area contributed by atoms with Gasteiger partial charge in [0.05, 0.1) is 0 Å². The molecule has 0 fully saturated rings. The van der Waals surface area contributed by atoms with Crippen molar-refractivity contribution < 1.29 is 4.79 Å². The highest BCUT2D eigenvalue weighted by molar-refractivity contribution is 5.94. The van der Waals surface area contributed by atoms with Crippen LogP contribution in [-0.4, -0.2) is 39.0 Å². The molecule has 0 saturated heterocycles. The molecular weight excluding hydrogens is 304 g/mol. The van der Waals surface area contributed by atoms with Crippen LogP contribution in [0.3, 0.4) is 0 Å². The lowest BCUT2D eigenvalue weighted by Crippen LogP contribution is -2.29. The second-order valence-electron chi connectivity index (χ2n) is 5.28. The standard InChI is InChI=1S/C17H18N6O/c1-13-4-2-5-14(12-13)17(24)19-10-9-18-15-6-7-16(22-21-15)23-11-3-8-20-23/h2-8,11-12H,9-10H2,1H3,(H,18,21)(H,19,24). The molecule has 7 heteroatoms. The van der Waals surface area contributed by atoms with Crippen LogP contribution in [0.5, 0.6) is 0 Å². The van der Waals surface area contributed by atoms with E-state index < -0.39 is 0 Å². The van der Waals surface area contributed by atoms with Gasteiger partial charge in [-0.25, -0.2) is 4.68 Å². The number of nitrogens with one attached hydrogen (secondary N) is 2. The summed E-state index contributed by atoms with van der Waals surface area (Å²) in [6.45, 7) is 3.02. The fourth-order valence-corrected chi connectivity index (χ4v) is 2.20. The maximum Gasteiger partial charge on any atom is 0.251 e. The van der Waals surface area contributed by atoms with E-state index in [0.29, 0.717) is 30.3 Å². The highest BCUT2D eigenvalue weighted by atomic mass is 16.1. The Morgan fingerprint density at radius 3 is 2.75 bits per heavy atom. The molecular formula is C17H18N6O. The van der Waals surface area contributed by atoms with Crippen LogP contribution < -0.4 is 10.6 Å². The molecule has 1 aromatic carbocycles. The van der Waals surface area contributed by atoms with Crippen LogP contribution >= 0.6 is 0 Å². The Labute approximate surface area is 139 Å². The van der Waals surface area contributed by atoms with E-state index in [1.165, 1.54) is 0 Å². The van der Waals surface area contributed by atoms with Crippen LogP contribution in [-0.2, 0) is 0 Å². The first-order chi connectivity index (χ1) is 11.7. The molecule has 0 spiro atoms. The average molecular weight is 322 g/mol. The van der Waals surface area contributed by atoms with Crippen molar-refractivity contribution in [2.24, 2.45) is 0 Å². The van der Waals surface area contributed by atoms with E-state index in [4.69, 9.17) is 0 Å². The largest absolute Gasteiger partial charge is 0.367 e. The molecule has 7 nitrogen and oxygen atoms in total. The van der Waals surface area contributed by atoms with Gasteiger partial charge in [-0.15, -0.1) is 10.2 Å². The predicted octanol–water partition coefficient (Wildman–Crippen LogP) is 1.81. The monoisotopic (exact) mass is 322 g/mol. The maximum absolute atomic E-state index is 12.0. The summed E-state index contributed by atoms with van der Waals surface area (Å²) >= 11 is 0. The molecule has 24 heavy (non-hydrogen) atoms. The van der Waals surface area contributed by atoms with Crippen LogP contribution in [0, 0.1) is 6.92 Å². The first-order valence-corrected chi connectivity index (χ1v) is 7.65. The third kappa shape index (κ3) is 3.95. The van der Waals surface area contributed by atoms with Gasteiger partial charge in [0.1, 0.15) is 5.82 Å². The molecule has 0 radical (unpaired) electrons. The van der Waals surface area contributed by atoms with Crippen LogP contribution in [0.15, 0.2) is 54.9 Å². The molecule has 0 bridgehead atoms. The minimum Gasteiger partial charge on any atom is -0.367 e. The van der Waals surface area contributed by atoms with Gasteiger partial charge in [0.2, 0.25) is 0 Å². The first kappa shape index (κ1) is 15.7. The normalized spacial score (nSPS) is 10.4. The molecule has 2 N–H and O–H groups in total. The van der Waals surface area contributed by atoms with E-state index in [0.717, 1.165) is 5.56 Å².